The summed E-state index contributed by atoms with van der Waals surface area (Å²) in [5.74, 6) is -1.35. The van der Waals surface area contributed by atoms with Gasteiger partial charge in [0.25, 0.3) is 0 Å². The number of carbonyl (C=O) groups excluding carboxylic acids is 1. The van der Waals surface area contributed by atoms with Crippen LogP contribution in [0.1, 0.15) is 41.2 Å². The third kappa shape index (κ3) is 5.57. The summed E-state index contributed by atoms with van der Waals surface area (Å²) in [6.07, 6.45) is -5.67. The Morgan fingerprint density at radius 1 is 1.04 bits per heavy atom. The number of hydrogen-bond donors (Lipinski definition) is 3. The molecular formula is C33H36O13S. The second kappa shape index (κ2) is 12.8. The van der Waals surface area contributed by atoms with Gasteiger partial charge in [-0.15, -0.1) is 11.3 Å². The summed E-state index contributed by atoms with van der Waals surface area (Å²) < 4.78 is 52.2. The van der Waals surface area contributed by atoms with Gasteiger partial charge in [-0.25, -0.2) is 0 Å². The number of esters is 1. The van der Waals surface area contributed by atoms with Crippen LogP contribution in [0, 0.1) is 11.8 Å². The van der Waals surface area contributed by atoms with Crippen molar-refractivity contribution >= 4 is 17.3 Å². The fourth-order valence-electron chi connectivity index (χ4n) is 6.89. The van der Waals surface area contributed by atoms with Gasteiger partial charge in [0.05, 0.1) is 44.3 Å². The quantitative estimate of drug-likeness (QED) is 0.213. The molecule has 14 heteroatoms. The van der Waals surface area contributed by atoms with E-state index in [9.17, 15) is 20.1 Å². The lowest BCUT2D eigenvalue weighted by molar-refractivity contribution is -0.368. The van der Waals surface area contributed by atoms with Crippen LogP contribution < -0.4 is 9.47 Å². The molecule has 5 aliphatic rings. The number of aliphatic hydroxyl groups is 3. The summed E-state index contributed by atoms with van der Waals surface area (Å²) in [5, 5.41) is 35.1. The van der Waals surface area contributed by atoms with Crippen LogP contribution in [0.3, 0.4) is 0 Å². The number of thiophene rings is 1. The van der Waals surface area contributed by atoms with Crippen LogP contribution in [0.2, 0.25) is 0 Å². The average Bonchev–Trinajstić information content (AvgIpc) is 3.86. The molecule has 3 fully saturated rings. The summed E-state index contributed by atoms with van der Waals surface area (Å²) >= 11 is 1.46. The summed E-state index contributed by atoms with van der Waals surface area (Å²) in [4.78, 5) is 14.3. The third-order valence-electron chi connectivity index (χ3n) is 9.32. The molecule has 0 radical (unpaired) electrons. The van der Waals surface area contributed by atoms with E-state index in [0.29, 0.717) is 28.2 Å². The maximum atomic E-state index is 13.4. The van der Waals surface area contributed by atoms with E-state index in [4.69, 9.17) is 42.6 Å². The molecule has 0 bridgehead atoms. The van der Waals surface area contributed by atoms with Crippen LogP contribution in [0.25, 0.3) is 0 Å². The van der Waals surface area contributed by atoms with E-state index in [0.717, 1.165) is 4.88 Å². The molecule has 13 nitrogen and oxygen atoms in total. The van der Waals surface area contributed by atoms with Crippen molar-refractivity contribution < 1.29 is 62.7 Å². The van der Waals surface area contributed by atoms with Gasteiger partial charge in [0.2, 0.25) is 6.79 Å². The van der Waals surface area contributed by atoms with Gasteiger partial charge in [0.1, 0.15) is 30.2 Å². The minimum absolute atomic E-state index is 0.0130. The van der Waals surface area contributed by atoms with Crippen molar-refractivity contribution in [3.8, 4) is 11.5 Å². The second-order valence-electron chi connectivity index (χ2n) is 11.9. The molecule has 1 aromatic carbocycles. The van der Waals surface area contributed by atoms with Crippen molar-refractivity contribution in [1.82, 2.24) is 0 Å². The highest BCUT2D eigenvalue weighted by molar-refractivity contribution is 7.10. The number of carbonyl (C=O) groups is 1. The number of hydrogen-bond acceptors (Lipinski definition) is 14. The third-order valence-corrected chi connectivity index (χ3v) is 10.2. The van der Waals surface area contributed by atoms with Gasteiger partial charge in [-0.2, -0.15) is 0 Å². The second-order valence-corrected chi connectivity index (χ2v) is 12.9. The van der Waals surface area contributed by atoms with Gasteiger partial charge in [-0.3, -0.25) is 4.79 Å². The standard InChI is InChI=1S/C33H36O13S/c1-14(8-21(39-4)26(34)15(2)38-3)24-16-9-19-20(43-13-42-19)10-17(16)29(18-11-40-31(37)25(18)24)45-33-28(36)27(35)30-22(44-33)12-41-32(46-30)23-6-5-7-47-23/h5-10,18,22,24-25,27-30,32-36H,1,11-13H2,2-4H3/b21-8+,26-15-/t18-,22+,24+,25-,27+,28+,29+,30+,32?,33-/m0/s1. The zero-order valence-corrected chi connectivity index (χ0v) is 26.7. The Hall–Kier alpha value is -3.63. The lowest BCUT2D eigenvalue weighted by Crippen LogP contribution is -2.62. The predicted octanol–water partition coefficient (Wildman–Crippen LogP) is 3.50. The highest BCUT2D eigenvalue weighted by Gasteiger charge is 2.56. The summed E-state index contributed by atoms with van der Waals surface area (Å²) in [6.45, 7) is 6.00. The molecule has 10 atom stereocenters. The van der Waals surface area contributed by atoms with Crippen molar-refractivity contribution in [2.45, 2.75) is 55.9 Å². The number of aliphatic hydroxyl groups excluding tert-OH is 3. The zero-order valence-electron chi connectivity index (χ0n) is 25.9. The average molecular weight is 673 g/mol. The maximum Gasteiger partial charge on any atom is 0.310 e. The fraction of sp³-hybridized carbons (Fsp3) is 0.485. The van der Waals surface area contributed by atoms with Gasteiger partial charge in [0, 0.05) is 11.8 Å². The highest BCUT2D eigenvalue weighted by Crippen LogP contribution is 2.56. The maximum absolute atomic E-state index is 13.4. The molecule has 1 aliphatic carbocycles. The zero-order chi connectivity index (χ0) is 33.0. The lowest BCUT2D eigenvalue weighted by atomic mass is 9.66. The van der Waals surface area contributed by atoms with Gasteiger partial charge in [-0.05, 0) is 53.3 Å². The van der Waals surface area contributed by atoms with E-state index in [1.54, 1.807) is 25.1 Å². The molecule has 1 aromatic heterocycles. The van der Waals surface area contributed by atoms with E-state index in [-0.39, 0.29) is 37.3 Å². The van der Waals surface area contributed by atoms with Crippen LogP contribution >= 0.6 is 11.3 Å². The Bertz CT molecular complexity index is 1580. The van der Waals surface area contributed by atoms with E-state index < -0.39 is 66.8 Å². The summed E-state index contributed by atoms with van der Waals surface area (Å²) in [6, 6.07) is 7.30. The first-order valence-corrected chi connectivity index (χ1v) is 16.0. The summed E-state index contributed by atoms with van der Waals surface area (Å²) in [5.41, 5.74) is 1.74. The van der Waals surface area contributed by atoms with Crippen LogP contribution in [-0.2, 0) is 38.0 Å². The van der Waals surface area contributed by atoms with Crippen LogP contribution in [0.5, 0.6) is 11.5 Å². The monoisotopic (exact) mass is 672 g/mol. The number of fused-ring (bicyclic) bond motifs is 4. The lowest BCUT2D eigenvalue weighted by Gasteiger charge is -2.48. The molecular weight excluding hydrogens is 636 g/mol. The Morgan fingerprint density at radius 2 is 1.81 bits per heavy atom. The smallest absolute Gasteiger partial charge is 0.310 e. The topological polar surface area (TPSA) is 161 Å². The van der Waals surface area contributed by atoms with E-state index in [1.807, 2.05) is 17.5 Å². The molecule has 0 saturated carbocycles. The Morgan fingerprint density at radius 3 is 2.51 bits per heavy atom. The van der Waals surface area contributed by atoms with Gasteiger partial charge >= 0.3 is 5.97 Å². The highest BCUT2D eigenvalue weighted by atomic mass is 32.1. The molecule has 2 aromatic rings. The number of methoxy groups -OCH3 is 2. The number of allylic oxidation sites excluding steroid dienone is 3. The first-order chi connectivity index (χ1) is 22.7. The van der Waals surface area contributed by atoms with Gasteiger partial charge in [0.15, 0.2) is 35.6 Å². The molecule has 4 aliphatic heterocycles. The minimum Gasteiger partial charge on any atom is -0.502 e. The van der Waals surface area contributed by atoms with Crippen LogP contribution in [0.4, 0.5) is 0 Å². The Kier molecular flexibility index (Phi) is 8.68. The number of ether oxygens (including phenoxy) is 9. The molecule has 5 heterocycles. The molecule has 1 unspecified atom stereocenters. The van der Waals surface area contributed by atoms with Crippen LogP contribution in [-0.4, -0.2) is 86.2 Å². The van der Waals surface area contributed by atoms with Crippen LogP contribution in [0.15, 0.2) is 65.2 Å². The van der Waals surface area contributed by atoms with Crippen molar-refractivity contribution in [1.29, 1.82) is 0 Å². The molecule has 47 heavy (non-hydrogen) atoms. The van der Waals surface area contributed by atoms with Gasteiger partial charge in [-0.1, -0.05) is 12.6 Å². The number of benzene rings is 1. The minimum atomic E-state index is -1.48. The molecule has 7 rings (SSSR count). The molecule has 3 saturated heterocycles. The summed E-state index contributed by atoms with van der Waals surface area (Å²) in [7, 11) is 2.83. The van der Waals surface area contributed by atoms with Crippen molar-refractivity contribution in [3.63, 3.8) is 0 Å². The molecule has 3 N–H and O–H groups in total. The molecule has 0 spiro atoms. The van der Waals surface area contributed by atoms with Crippen molar-refractivity contribution in [3.05, 3.63) is 81.2 Å². The predicted molar refractivity (Wildman–Crippen MR) is 162 cm³/mol. The van der Waals surface area contributed by atoms with Crippen molar-refractivity contribution in [2.24, 2.45) is 11.8 Å². The van der Waals surface area contributed by atoms with Crippen molar-refractivity contribution in [2.75, 3.05) is 34.2 Å². The molecule has 0 amide bonds. The molecule has 252 valence electrons. The first kappa shape index (κ1) is 31.9. The Balaban J connectivity index is 1.22. The largest absolute Gasteiger partial charge is 0.502 e. The fourth-order valence-corrected chi connectivity index (χ4v) is 7.59. The number of cyclic esters (lactones) is 1. The normalized spacial score (nSPS) is 34.8. The van der Waals surface area contributed by atoms with Gasteiger partial charge < -0.3 is 58.0 Å². The first-order valence-electron chi connectivity index (χ1n) is 15.2. The Labute approximate surface area is 274 Å². The van der Waals surface area contributed by atoms with E-state index >= 15 is 0 Å². The van der Waals surface area contributed by atoms with E-state index in [2.05, 4.69) is 6.58 Å². The SMILES string of the molecule is C=C(/C=C(OC)\C(O)=C(/C)OC)[C@@H]1c2cc3c(cc2[C@@H](O[C@@H]2O[C@@H]4COC(c5cccs5)O[C@H]4[C@H](O)[C@H]2O)[C@H]2COC(=O)[C@@H]21)OCO3. The number of rotatable bonds is 8. The van der Waals surface area contributed by atoms with E-state index in [1.165, 1.54) is 25.6 Å².